The summed E-state index contributed by atoms with van der Waals surface area (Å²) in [5.74, 6) is -1.40. The number of halogens is 4. The summed E-state index contributed by atoms with van der Waals surface area (Å²) in [6, 6.07) is 8.01. The number of nitrogens with one attached hydrogen (secondary N) is 2. The van der Waals surface area contributed by atoms with Crippen molar-refractivity contribution in [2.45, 2.75) is 30.7 Å². The number of aromatic nitrogens is 2. The van der Waals surface area contributed by atoms with Crippen molar-refractivity contribution in [1.29, 1.82) is 0 Å². The molecular weight excluding hydrogens is 489 g/mol. The number of carbonyl (C=O) groups excluding carboxylic acids is 1. The predicted octanol–water partition coefficient (Wildman–Crippen LogP) is 6.24. The van der Waals surface area contributed by atoms with Gasteiger partial charge in [-0.3, -0.25) is 9.40 Å². The Morgan fingerprint density at radius 1 is 1.15 bits per heavy atom. The molecule has 2 N–H and O–H groups in total. The predicted molar refractivity (Wildman–Crippen MR) is 127 cm³/mol. The van der Waals surface area contributed by atoms with Gasteiger partial charge in [0.15, 0.2) is 0 Å². The normalized spacial score (nSPS) is 14.2. The van der Waals surface area contributed by atoms with E-state index in [1.54, 1.807) is 12.1 Å². The van der Waals surface area contributed by atoms with E-state index in [9.17, 15) is 13.6 Å². The molecular formula is C23H20Cl2F2N4OS. The first-order chi connectivity index (χ1) is 15.9. The minimum Gasteiger partial charge on any atom is -0.334 e. The van der Waals surface area contributed by atoms with Gasteiger partial charge in [-0.25, -0.2) is 13.6 Å². The Morgan fingerprint density at radius 2 is 1.94 bits per heavy atom. The second-order valence-electron chi connectivity index (χ2n) is 7.51. The van der Waals surface area contributed by atoms with Gasteiger partial charge in [0, 0.05) is 27.6 Å². The van der Waals surface area contributed by atoms with Crippen LogP contribution in [0.25, 0.3) is 5.57 Å². The summed E-state index contributed by atoms with van der Waals surface area (Å²) in [4.78, 5) is 12.4. The largest absolute Gasteiger partial charge is 0.334 e. The van der Waals surface area contributed by atoms with E-state index in [1.165, 1.54) is 0 Å². The number of hydrogen-bond donors (Lipinski definition) is 2. The van der Waals surface area contributed by atoms with Gasteiger partial charge >= 0.3 is 6.03 Å². The van der Waals surface area contributed by atoms with Gasteiger partial charge < -0.3 is 5.32 Å². The van der Waals surface area contributed by atoms with Gasteiger partial charge in [0.05, 0.1) is 18.4 Å². The van der Waals surface area contributed by atoms with E-state index in [1.807, 2.05) is 23.0 Å². The molecule has 3 aromatic rings. The summed E-state index contributed by atoms with van der Waals surface area (Å²) in [5.41, 5.74) is 4.21. The molecule has 0 unspecified atom stereocenters. The van der Waals surface area contributed by atoms with Crippen LogP contribution in [0.1, 0.15) is 29.7 Å². The molecule has 0 saturated carbocycles. The number of urea groups is 1. The third kappa shape index (κ3) is 6.07. The van der Waals surface area contributed by atoms with Crippen molar-refractivity contribution >= 4 is 46.8 Å². The van der Waals surface area contributed by atoms with Crippen LogP contribution in [0, 0.1) is 11.6 Å². The zero-order valence-corrected chi connectivity index (χ0v) is 19.7. The Labute approximate surface area is 204 Å². The standard InChI is InChI=1S/C23H20Cl2F2N4OS/c24-17-5-4-16(21(25)8-17)13-31-22-14(2-1-3-15(22)12-29-31)6-7-28-23(32)30-33-20-10-18(26)9-19(27)11-20/h4-6,8-12H,1-3,7,13H2,(H2,28,30,32)/b14-6+. The number of amides is 2. The maximum atomic E-state index is 13.3. The number of nitrogens with zero attached hydrogens (tertiary/aromatic N) is 2. The van der Waals surface area contributed by atoms with Crippen LogP contribution in [0.4, 0.5) is 13.6 Å². The van der Waals surface area contributed by atoms with E-state index in [0.29, 0.717) is 23.1 Å². The van der Waals surface area contributed by atoms with Crippen LogP contribution in [-0.4, -0.2) is 22.4 Å². The smallest absolute Gasteiger partial charge is 0.325 e. The average molecular weight is 509 g/mol. The first-order valence-corrected chi connectivity index (χ1v) is 11.8. The number of benzene rings is 2. The fraction of sp³-hybridized carbons (Fsp3) is 0.217. The molecule has 33 heavy (non-hydrogen) atoms. The van der Waals surface area contributed by atoms with Crippen LogP contribution in [0.5, 0.6) is 0 Å². The van der Waals surface area contributed by atoms with Crippen LogP contribution in [-0.2, 0) is 13.0 Å². The fourth-order valence-corrected chi connectivity index (χ4v) is 4.79. The maximum Gasteiger partial charge on any atom is 0.325 e. The summed E-state index contributed by atoms with van der Waals surface area (Å²) in [7, 11) is 0. The molecule has 0 fully saturated rings. The average Bonchev–Trinajstić information content (AvgIpc) is 3.17. The molecule has 0 radical (unpaired) electrons. The van der Waals surface area contributed by atoms with Gasteiger partial charge in [-0.05, 0) is 72.2 Å². The van der Waals surface area contributed by atoms with Crippen molar-refractivity contribution in [3.8, 4) is 0 Å². The van der Waals surface area contributed by atoms with Crippen molar-refractivity contribution in [3.63, 3.8) is 0 Å². The summed E-state index contributed by atoms with van der Waals surface area (Å²) < 4.78 is 31.0. The Balaban J connectivity index is 1.39. The van der Waals surface area contributed by atoms with Crippen LogP contribution in [0.2, 0.25) is 10.0 Å². The molecule has 4 rings (SSSR count). The highest BCUT2D eigenvalue weighted by molar-refractivity contribution is 7.98. The molecule has 1 aliphatic rings. The number of fused-ring (bicyclic) bond motifs is 1. The molecule has 1 aliphatic carbocycles. The molecule has 2 amide bonds. The zero-order chi connectivity index (χ0) is 23.4. The lowest BCUT2D eigenvalue weighted by Crippen LogP contribution is -2.31. The van der Waals surface area contributed by atoms with Crippen molar-refractivity contribution in [2.75, 3.05) is 6.54 Å². The third-order valence-electron chi connectivity index (χ3n) is 5.16. The summed E-state index contributed by atoms with van der Waals surface area (Å²) in [6.07, 6.45) is 6.65. The lowest BCUT2D eigenvalue weighted by molar-refractivity contribution is 0.247. The van der Waals surface area contributed by atoms with Crippen LogP contribution < -0.4 is 10.0 Å². The van der Waals surface area contributed by atoms with Crippen LogP contribution >= 0.6 is 35.1 Å². The van der Waals surface area contributed by atoms with E-state index in [2.05, 4.69) is 15.1 Å². The molecule has 5 nitrogen and oxygen atoms in total. The lowest BCUT2D eigenvalue weighted by Gasteiger charge is -2.18. The molecule has 10 heteroatoms. The quantitative estimate of drug-likeness (QED) is 0.387. The summed E-state index contributed by atoms with van der Waals surface area (Å²) in [5, 5.41) is 8.45. The minimum atomic E-state index is -0.700. The van der Waals surface area contributed by atoms with E-state index in [0.717, 1.165) is 71.8 Å². The lowest BCUT2D eigenvalue weighted by atomic mass is 9.92. The Morgan fingerprint density at radius 3 is 2.70 bits per heavy atom. The van der Waals surface area contributed by atoms with Gasteiger partial charge in [-0.15, -0.1) is 0 Å². The summed E-state index contributed by atoms with van der Waals surface area (Å²) in [6.45, 7) is 0.809. The molecule has 0 spiro atoms. The van der Waals surface area contributed by atoms with Crippen LogP contribution in [0.3, 0.4) is 0 Å². The summed E-state index contributed by atoms with van der Waals surface area (Å²) >= 11 is 13.2. The molecule has 0 bridgehead atoms. The highest BCUT2D eigenvalue weighted by Gasteiger charge is 2.20. The third-order valence-corrected chi connectivity index (χ3v) is 6.50. The van der Waals surface area contributed by atoms with E-state index < -0.39 is 17.7 Å². The topological polar surface area (TPSA) is 59.0 Å². The number of carbonyl (C=O) groups is 1. The van der Waals surface area contributed by atoms with Gasteiger partial charge in [0.25, 0.3) is 0 Å². The number of aryl methyl sites for hydroxylation is 1. The fourth-order valence-electron chi connectivity index (χ4n) is 3.69. The van der Waals surface area contributed by atoms with Crippen molar-refractivity contribution in [2.24, 2.45) is 0 Å². The molecule has 0 aliphatic heterocycles. The monoisotopic (exact) mass is 508 g/mol. The van der Waals surface area contributed by atoms with Crippen molar-refractivity contribution in [1.82, 2.24) is 19.8 Å². The van der Waals surface area contributed by atoms with Crippen molar-refractivity contribution in [3.05, 3.63) is 87.2 Å². The molecule has 0 atom stereocenters. The minimum absolute atomic E-state index is 0.266. The highest BCUT2D eigenvalue weighted by atomic mass is 35.5. The second-order valence-corrected chi connectivity index (χ2v) is 9.24. The number of rotatable bonds is 6. The van der Waals surface area contributed by atoms with Gasteiger partial charge in [0.2, 0.25) is 0 Å². The highest BCUT2D eigenvalue weighted by Crippen LogP contribution is 2.32. The first kappa shape index (κ1) is 23.6. The Kier molecular flexibility index (Phi) is 7.57. The molecule has 2 aromatic carbocycles. The van der Waals surface area contributed by atoms with Gasteiger partial charge in [-0.2, -0.15) is 5.10 Å². The number of allylic oxidation sites excluding steroid dienone is 1. The van der Waals surface area contributed by atoms with Gasteiger partial charge in [0.1, 0.15) is 11.6 Å². The molecule has 0 saturated heterocycles. The van der Waals surface area contributed by atoms with E-state index in [4.69, 9.17) is 23.2 Å². The van der Waals surface area contributed by atoms with Crippen molar-refractivity contribution < 1.29 is 13.6 Å². The molecule has 1 heterocycles. The Bertz CT molecular complexity index is 1190. The SMILES string of the molecule is O=C(NC/C=C1\CCCc2cnn(Cc3ccc(Cl)cc3Cl)c21)NSc1cc(F)cc(F)c1. The maximum absolute atomic E-state index is 13.3. The second kappa shape index (κ2) is 10.6. The van der Waals surface area contributed by atoms with Crippen LogP contribution in [0.15, 0.2) is 53.6 Å². The van der Waals surface area contributed by atoms with E-state index >= 15 is 0 Å². The zero-order valence-electron chi connectivity index (χ0n) is 17.4. The van der Waals surface area contributed by atoms with Gasteiger partial charge in [-0.1, -0.05) is 35.3 Å². The number of hydrogen-bond acceptors (Lipinski definition) is 3. The Hall–Kier alpha value is -2.55. The molecule has 1 aromatic heterocycles. The first-order valence-electron chi connectivity index (χ1n) is 10.2. The van der Waals surface area contributed by atoms with E-state index in [-0.39, 0.29) is 4.90 Å². The molecule has 172 valence electrons.